The zero-order chi connectivity index (χ0) is 20.1. The van der Waals surface area contributed by atoms with Gasteiger partial charge in [-0.2, -0.15) is 0 Å². The van der Waals surface area contributed by atoms with E-state index in [1.165, 1.54) is 0 Å². The van der Waals surface area contributed by atoms with E-state index in [0.717, 1.165) is 23.3 Å². The molecule has 5 nitrogen and oxygen atoms in total. The Balaban J connectivity index is 1.27. The third kappa shape index (κ3) is 4.95. The van der Waals surface area contributed by atoms with Crippen molar-refractivity contribution in [3.63, 3.8) is 0 Å². The Bertz CT molecular complexity index is 1070. The van der Waals surface area contributed by atoms with Gasteiger partial charge >= 0.3 is 0 Å². The summed E-state index contributed by atoms with van der Waals surface area (Å²) in [6.45, 7) is 0.931. The number of amides is 1. The quantitative estimate of drug-likeness (QED) is 0.491. The summed E-state index contributed by atoms with van der Waals surface area (Å²) in [4.78, 5) is 16.8. The van der Waals surface area contributed by atoms with Crippen LogP contribution in [0.25, 0.3) is 5.65 Å². The molecule has 1 N–H and O–H groups in total. The summed E-state index contributed by atoms with van der Waals surface area (Å²) >= 11 is 5.88. The van der Waals surface area contributed by atoms with Crippen LogP contribution in [0.4, 0.5) is 0 Å². The van der Waals surface area contributed by atoms with Gasteiger partial charge in [-0.1, -0.05) is 29.8 Å². The van der Waals surface area contributed by atoms with Crippen molar-refractivity contribution < 1.29 is 9.53 Å². The van der Waals surface area contributed by atoms with Gasteiger partial charge in [0, 0.05) is 29.5 Å². The van der Waals surface area contributed by atoms with Gasteiger partial charge in [0.15, 0.2) is 0 Å². The number of rotatable bonds is 7. The van der Waals surface area contributed by atoms with E-state index in [-0.39, 0.29) is 5.91 Å². The van der Waals surface area contributed by atoms with Gasteiger partial charge in [0.25, 0.3) is 5.91 Å². The number of carbonyl (C=O) groups excluding carboxylic acids is 1. The zero-order valence-corrected chi connectivity index (χ0v) is 16.5. The maximum atomic E-state index is 12.3. The molecule has 0 saturated heterocycles. The zero-order valence-electron chi connectivity index (χ0n) is 15.7. The molecule has 2 aromatic carbocycles. The van der Waals surface area contributed by atoms with E-state index in [2.05, 4.69) is 10.3 Å². The average molecular weight is 406 g/mol. The molecule has 146 valence electrons. The van der Waals surface area contributed by atoms with Crippen LogP contribution in [0.2, 0.25) is 5.02 Å². The van der Waals surface area contributed by atoms with Crippen LogP contribution in [-0.2, 0) is 13.0 Å². The fourth-order valence-corrected chi connectivity index (χ4v) is 3.12. The third-order valence-electron chi connectivity index (χ3n) is 4.53. The second kappa shape index (κ2) is 8.80. The predicted octanol–water partition coefficient (Wildman–Crippen LogP) is 4.54. The Labute approximate surface area is 173 Å². The number of hydrogen-bond acceptors (Lipinski definition) is 3. The maximum Gasteiger partial charge on any atom is 0.251 e. The number of fused-ring (bicyclic) bond motifs is 1. The minimum absolute atomic E-state index is 0.106. The van der Waals surface area contributed by atoms with Gasteiger partial charge in [-0.05, 0) is 60.5 Å². The highest BCUT2D eigenvalue weighted by Crippen LogP contribution is 2.15. The molecule has 0 aliphatic heterocycles. The minimum atomic E-state index is -0.106. The van der Waals surface area contributed by atoms with Gasteiger partial charge in [-0.25, -0.2) is 4.98 Å². The summed E-state index contributed by atoms with van der Waals surface area (Å²) in [6.07, 6.45) is 4.65. The fraction of sp³-hybridized carbons (Fsp3) is 0.130. The Morgan fingerprint density at radius 3 is 2.59 bits per heavy atom. The number of benzene rings is 2. The second-order valence-electron chi connectivity index (χ2n) is 6.64. The lowest BCUT2D eigenvalue weighted by Crippen LogP contribution is -2.25. The standard InChI is InChI=1S/C23H20ClN3O2/c24-19-8-4-17(5-9-19)12-13-25-23(28)18-6-10-21(11-7-18)29-16-20-15-27-14-2-1-3-22(27)26-20/h1-11,14-15H,12-13,16H2,(H,25,28). The molecule has 4 rings (SSSR count). The molecule has 0 unspecified atom stereocenters. The van der Waals surface area contributed by atoms with Crippen molar-refractivity contribution in [3.8, 4) is 5.75 Å². The van der Waals surface area contributed by atoms with Crippen molar-refractivity contribution in [2.45, 2.75) is 13.0 Å². The van der Waals surface area contributed by atoms with Crippen LogP contribution in [0.1, 0.15) is 21.6 Å². The van der Waals surface area contributed by atoms with Crippen molar-refractivity contribution >= 4 is 23.2 Å². The smallest absolute Gasteiger partial charge is 0.251 e. The number of nitrogens with one attached hydrogen (secondary N) is 1. The summed E-state index contributed by atoms with van der Waals surface area (Å²) in [6, 6.07) is 20.6. The Kier molecular flexibility index (Phi) is 5.77. The molecule has 29 heavy (non-hydrogen) atoms. The van der Waals surface area contributed by atoms with Crippen LogP contribution in [0, 0.1) is 0 Å². The van der Waals surface area contributed by atoms with E-state index >= 15 is 0 Å². The van der Waals surface area contributed by atoms with E-state index in [0.29, 0.717) is 29.5 Å². The monoisotopic (exact) mass is 405 g/mol. The van der Waals surface area contributed by atoms with Crippen molar-refractivity contribution in [3.05, 3.63) is 101 Å². The van der Waals surface area contributed by atoms with Crippen LogP contribution in [0.3, 0.4) is 0 Å². The summed E-state index contributed by atoms with van der Waals surface area (Å²) in [5.74, 6) is 0.589. The molecule has 2 aromatic heterocycles. The molecule has 0 aliphatic rings. The lowest BCUT2D eigenvalue weighted by Gasteiger charge is -2.07. The lowest BCUT2D eigenvalue weighted by atomic mass is 10.1. The fourth-order valence-electron chi connectivity index (χ4n) is 2.99. The number of nitrogens with zero attached hydrogens (tertiary/aromatic N) is 2. The molecule has 0 radical (unpaired) electrons. The number of carbonyl (C=O) groups is 1. The van der Waals surface area contributed by atoms with Crippen LogP contribution in [0.5, 0.6) is 5.75 Å². The number of pyridine rings is 1. The first kappa shape index (κ1) is 19.0. The molecule has 0 spiro atoms. The van der Waals surface area contributed by atoms with Crippen molar-refractivity contribution in [1.29, 1.82) is 0 Å². The van der Waals surface area contributed by atoms with E-state index in [9.17, 15) is 4.79 Å². The first-order valence-electron chi connectivity index (χ1n) is 9.35. The molecule has 6 heteroatoms. The van der Waals surface area contributed by atoms with E-state index in [1.54, 1.807) is 24.3 Å². The maximum absolute atomic E-state index is 12.3. The molecule has 4 aromatic rings. The molecule has 0 atom stereocenters. The van der Waals surface area contributed by atoms with Gasteiger partial charge in [0.1, 0.15) is 18.0 Å². The van der Waals surface area contributed by atoms with Crippen molar-refractivity contribution in [1.82, 2.24) is 14.7 Å². The molecule has 0 fully saturated rings. The van der Waals surface area contributed by atoms with Gasteiger partial charge in [-0.15, -0.1) is 0 Å². The highest BCUT2D eigenvalue weighted by atomic mass is 35.5. The van der Waals surface area contributed by atoms with Gasteiger partial charge in [0.05, 0.1) is 5.69 Å². The molecular formula is C23H20ClN3O2. The van der Waals surface area contributed by atoms with Crippen LogP contribution in [-0.4, -0.2) is 21.8 Å². The Morgan fingerprint density at radius 1 is 1.03 bits per heavy atom. The SMILES string of the molecule is O=C(NCCc1ccc(Cl)cc1)c1ccc(OCc2cn3ccccc3n2)cc1. The Hall–Kier alpha value is -3.31. The van der Waals surface area contributed by atoms with Crippen LogP contribution >= 0.6 is 11.6 Å². The van der Waals surface area contributed by atoms with Crippen molar-refractivity contribution in [2.24, 2.45) is 0 Å². The van der Waals surface area contributed by atoms with E-state index in [4.69, 9.17) is 16.3 Å². The van der Waals surface area contributed by atoms with Crippen LogP contribution in [0.15, 0.2) is 79.1 Å². The van der Waals surface area contributed by atoms with Crippen molar-refractivity contribution in [2.75, 3.05) is 6.54 Å². The number of halogens is 1. The topological polar surface area (TPSA) is 55.6 Å². The average Bonchev–Trinajstić information content (AvgIpc) is 3.17. The van der Waals surface area contributed by atoms with Gasteiger partial charge in [-0.3, -0.25) is 4.79 Å². The molecular weight excluding hydrogens is 386 g/mol. The summed E-state index contributed by atoms with van der Waals surface area (Å²) < 4.78 is 7.74. The van der Waals surface area contributed by atoms with Crippen LogP contribution < -0.4 is 10.1 Å². The molecule has 0 aliphatic carbocycles. The minimum Gasteiger partial charge on any atom is -0.487 e. The summed E-state index contributed by atoms with van der Waals surface area (Å²) in [5, 5.41) is 3.64. The Morgan fingerprint density at radius 2 is 1.83 bits per heavy atom. The van der Waals surface area contributed by atoms with E-state index < -0.39 is 0 Å². The lowest BCUT2D eigenvalue weighted by molar-refractivity contribution is 0.0954. The molecule has 1 amide bonds. The van der Waals surface area contributed by atoms with E-state index in [1.807, 2.05) is 59.3 Å². The summed E-state index contributed by atoms with van der Waals surface area (Å²) in [7, 11) is 0. The number of hydrogen-bond donors (Lipinski definition) is 1. The normalized spacial score (nSPS) is 10.8. The first-order valence-corrected chi connectivity index (χ1v) is 9.73. The largest absolute Gasteiger partial charge is 0.487 e. The van der Waals surface area contributed by atoms with Gasteiger partial charge in [0.2, 0.25) is 0 Å². The molecule has 2 heterocycles. The number of imidazole rings is 1. The first-order chi connectivity index (χ1) is 14.2. The summed E-state index contributed by atoms with van der Waals surface area (Å²) in [5.41, 5.74) is 3.46. The molecule has 0 bridgehead atoms. The highest BCUT2D eigenvalue weighted by Gasteiger charge is 2.06. The van der Waals surface area contributed by atoms with Gasteiger partial charge < -0.3 is 14.5 Å². The molecule has 0 saturated carbocycles. The predicted molar refractivity (Wildman–Crippen MR) is 113 cm³/mol. The number of aromatic nitrogens is 2. The second-order valence-corrected chi connectivity index (χ2v) is 7.08. The number of ether oxygens (including phenoxy) is 1. The third-order valence-corrected chi connectivity index (χ3v) is 4.78. The highest BCUT2D eigenvalue weighted by molar-refractivity contribution is 6.30.